The third-order valence-corrected chi connectivity index (χ3v) is 3.08. The largest absolute Gasteiger partial charge is 0.386 e. The smallest absolute Gasteiger partial charge is 0.0986 e. The SMILES string of the molecule is Cc1cc(C)cc(C(O)Cn2nc(C)cc2C)c1. The molecule has 1 aromatic heterocycles. The van der Waals surface area contributed by atoms with Crippen molar-refractivity contribution in [3.05, 3.63) is 52.3 Å². The molecule has 1 unspecified atom stereocenters. The van der Waals surface area contributed by atoms with Crippen molar-refractivity contribution in [3.8, 4) is 0 Å². The summed E-state index contributed by atoms with van der Waals surface area (Å²) in [6, 6.07) is 8.19. The summed E-state index contributed by atoms with van der Waals surface area (Å²) in [5.41, 5.74) is 5.38. The van der Waals surface area contributed by atoms with Gasteiger partial charge in [0.15, 0.2) is 0 Å². The summed E-state index contributed by atoms with van der Waals surface area (Å²) >= 11 is 0. The van der Waals surface area contributed by atoms with E-state index in [1.807, 2.05) is 50.6 Å². The standard InChI is InChI=1S/C15H20N2O/c1-10-5-11(2)7-14(6-10)15(18)9-17-13(4)8-12(3)16-17/h5-8,15,18H,9H2,1-4H3. The minimum absolute atomic E-state index is 0.503. The van der Waals surface area contributed by atoms with Crippen LogP contribution in [0.5, 0.6) is 0 Å². The number of aryl methyl sites for hydroxylation is 4. The fraction of sp³-hybridized carbons (Fsp3) is 0.400. The van der Waals surface area contributed by atoms with Crippen molar-refractivity contribution in [3.63, 3.8) is 0 Å². The molecule has 3 heteroatoms. The zero-order valence-electron chi connectivity index (χ0n) is 11.4. The summed E-state index contributed by atoms with van der Waals surface area (Å²) in [4.78, 5) is 0. The Morgan fingerprint density at radius 1 is 1.06 bits per heavy atom. The van der Waals surface area contributed by atoms with Gasteiger partial charge in [0.05, 0.1) is 18.3 Å². The fourth-order valence-corrected chi connectivity index (χ4v) is 2.33. The molecule has 0 bridgehead atoms. The summed E-state index contributed by atoms with van der Waals surface area (Å²) in [6.07, 6.45) is -0.512. The maximum atomic E-state index is 10.3. The Kier molecular flexibility index (Phi) is 3.53. The van der Waals surface area contributed by atoms with Gasteiger partial charge >= 0.3 is 0 Å². The molecule has 0 spiro atoms. The van der Waals surface area contributed by atoms with Crippen molar-refractivity contribution < 1.29 is 5.11 Å². The van der Waals surface area contributed by atoms with Gasteiger partial charge in [0.2, 0.25) is 0 Å². The lowest BCUT2D eigenvalue weighted by atomic mass is 10.0. The van der Waals surface area contributed by atoms with Crippen LogP contribution in [0.15, 0.2) is 24.3 Å². The molecule has 0 radical (unpaired) electrons. The Morgan fingerprint density at radius 3 is 2.17 bits per heavy atom. The Hall–Kier alpha value is -1.61. The first-order valence-corrected chi connectivity index (χ1v) is 6.23. The van der Waals surface area contributed by atoms with Gasteiger partial charge in [-0.1, -0.05) is 29.3 Å². The predicted molar refractivity (Wildman–Crippen MR) is 72.6 cm³/mol. The third kappa shape index (κ3) is 2.79. The molecule has 0 saturated carbocycles. The van der Waals surface area contributed by atoms with E-state index in [0.717, 1.165) is 17.0 Å². The molecule has 0 saturated heterocycles. The first kappa shape index (κ1) is 12.8. The number of benzene rings is 1. The van der Waals surface area contributed by atoms with E-state index in [1.165, 1.54) is 11.1 Å². The van der Waals surface area contributed by atoms with E-state index in [-0.39, 0.29) is 0 Å². The second kappa shape index (κ2) is 4.94. The van der Waals surface area contributed by atoms with Gasteiger partial charge in [-0.25, -0.2) is 0 Å². The molecule has 0 fully saturated rings. The fourth-order valence-electron chi connectivity index (χ4n) is 2.33. The Bertz CT molecular complexity index is 537. The number of aromatic nitrogens is 2. The highest BCUT2D eigenvalue weighted by atomic mass is 16.3. The van der Waals surface area contributed by atoms with Crippen LogP contribution in [0.25, 0.3) is 0 Å². The lowest BCUT2D eigenvalue weighted by Gasteiger charge is -2.14. The van der Waals surface area contributed by atoms with Gasteiger partial charge in [0.25, 0.3) is 0 Å². The first-order chi connectivity index (χ1) is 8.45. The Morgan fingerprint density at radius 2 is 1.67 bits per heavy atom. The van der Waals surface area contributed by atoms with Crippen LogP contribution < -0.4 is 0 Å². The van der Waals surface area contributed by atoms with Crippen molar-refractivity contribution in [2.24, 2.45) is 0 Å². The minimum atomic E-state index is -0.512. The normalized spacial score (nSPS) is 12.7. The maximum absolute atomic E-state index is 10.3. The van der Waals surface area contributed by atoms with Crippen LogP contribution in [0.1, 0.15) is 34.2 Å². The predicted octanol–water partition coefficient (Wildman–Crippen LogP) is 2.85. The zero-order valence-corrected chi connectivity index (χ0v) is 11.4. The topological polar surface area (TPSA) is 38.0 Å². The lowest BCUT2D eigenvalue weighted by molar-refractivity contribution is 0.150. The Balaban J connectivity index is 2.21. The lowest BCUT2D eigenvalue weighted by Crippen LogP contribution is -2.11. The van der Waals surface area contributed by atoms with E-state index in [0.29, 0.717) is 6.54 Å². The highest BCUT2D eigenvalue weighted by Gasteiger charge is 2.11. The van der Waals surface area contributed by atoms with Crippen molar-refractivity contribution in [2.45, 2.75) is 40.3 Å². The summed E-state index contributed by atoms with van der Waals surface area (Å²) < 4.78 is 1.86. The molecule has 96 valence electrons. The Labute approximate surface area is 108 Å². The number of aliphatic hydroxyl groups excluding tert-OH is 1. The van der Waals surface area contributed by atoms with Crippen LogP contribution in [0.2, 0.25) is 0 Å². The molecule has 1 atom stereocenters. The van der Waals surface area contributed by atoms with Gasteiger partial charge < -0.3 is 5.11 Å². The van der Waals surface area contributed by atoms with Crippen LogP contribution in [-0.4, -0.2) is 14.9 Å². The molecule has 1 heterocycles. The molecule has 0 aliphatic carbocycles. The molecule has 0 aliphatic heterocycles. The summed E-state index contributed by atoms with van der Waals surface area (Å²) in [5.74, 6) is 0. The number of rotatable bonds is 3. The first-order valence-electron chi connectivity index (χ1n) is 6.23. The third-order valence-electron chi connectivity index (χ3n) is 3.08. The van der Waals surface area contributed by atoms with E-state index in [1.54, 1.807) is 0 Å². The summed E-state index contributed by atoms with van der Waals surface area (Å²) in [7, 11) is 0. The van der Waals surface area contributed by atoms with Crippen LogP contribution in [-0.2, 0) is 6.54 Å². The molecule has 18 heavy (non-hydrogen) atoms. The summed E-state index contributed by atoms with van der Waals surface area (Å²) in [5, 5.41) is 14.7. The van der Waals surface area contributed by atoms with Gasteiger partial charge in [-0.2, -0.15) is 5.10 Å². The monoisotopic (exact) mass is 244 g/mol. The van der Waals surface area contributed by atoms with Crippen LogP contribution in [0, 0.1) is 27.7 Å². The zero-order chi connectivity index (χ0) is 13.3. The molecule has 0 aliphatic rings. The van der Waals surface area contributed by atoms with E-state index in [4.69, 9.17) is 0 Å². The van der Waals surface area contributed by atoms with Crippen molar-refractivity contribution in [1.82, 2.24) is 9.78 Å². The van der Waals surface area contributed by atoms with Crippen molar-refractivity contribution in [2.75, 3.05) is 0 Å². The molecule has 2 rings (SSSR count). The van der Waals surface area contributed by atoms with Gasteiger partial charge in [-0.05, 0) is 39.3 Å². The molecular formula is C15H20N2O. The van der Waals surface area contributed by atoms with Crippen LogP contribution in [0.3, 0.4) is 0 Å². The van der Waals surface area contributed by atoms with Gasteiger partial charge in [-0.15, -0.1) is 0 Å². The number of nitrogens with zero attached hydrogens (tertiary/aromatic N) is 2. The van der Waals surface area contributed by atoms with Crippen LogP contribution in [0.4, 0.5) is 0 Å². The van der Waals surface area contributed by atoms with Gasteiger partial charge in [0.1, 0.15) is 0 Å². The maximum Gasteiger partial charge on any atom is 0.0986 e. The molecule has 2 aromatic rings. The molecule has 1 N–H and O–H groups in total. The number of hydrogen-bond donors (Lipinski definition) is 1. The average molecular weight is 244 g/mol. The van der Waals surface area contributed by atoms with Gasteiger partial charge in [0, 0.05) is 5.69 Å². The summed E-state index contributed by atoms with van der Waals surface area (Å²) in [6.45, 7) is 8.57. The second-order valence-electron chi connectivity index (χ2n) is 5.05. The van der Waals surface area contributed by atoms with E-state index < -0.39 is 6.10 Å². The van der Waals surface area contributed by atoms with Crippen LogP contribution >= 0.6 is 0 Å². The number of aliphatic hydroxyl groups is 1. The van der Waals surface area contributed by atoms with E-state index >= 15 is 0 Å². The minimum Gasteiger partial charge on any atom is -0.386 e. The van der Waals surface area contributed by atoms with Crippen molar-refractivity contribution in [1.29, 1.82) is 0 Å². The highest BCUT2D eigenvalue weighted by Crippen LogP contribution is 2.19. The second-order valence-corrected chi connectivity index (χ2v) is 5.05. The molecule has 0 amide bonds. The van der Waals surface area contributed by atoms with Crippen molar-refractivity contribution >= 4 is 0 Å². The average Bonchev–Trinajstić information content (AvgIpc) is 2.56. The molecule has 1 aromatic carbocycles. The quantitative estimate of drug-likeness (QED) is 0.901. The number of hydrogen-bond acceptors (Lipinski definition) is 2. The molecular weight excluding hydrogens is 224 g/mol. The highest BCUT2D eigenvalue weighted by molar-refractivity contribution is 5.30. The van der Waals surface area contributed by atoms with Gasteiger partial charge in [-0.3, -0.25) is 4.68 Å². The van der Waals surface area contributed by atoms with E-state index in [9.17, 15) is 5.11 Å². The molecule has 3 nitrogen and oxygen atoms in total. The van der Waals surface area contributed by atoms with E-state index in [2.05, 4.69) is 11.2 Å².